The van der Waals surface area contributed by atoms with E-state index >= 15 is 0 Å². The third-order valence-corrected chi connectivity index (χ3v) is 7.73. The van der Waals surface area contributed by atoms with Crippen LogP contribution in [-0.4, -0.2) is 36.9 Å². The molecule has 0 bridgehead atoms. The van der Waals surface area contributed by atoms with Gasteiger partial charge in [0.2, 0.25) is 0 Å². The van der Waals surface area contributed by atoms with Crippen molar-refractivity contribution in [2.45, 2.75) is 24.0 Å². The molecule has 8 heteroatoms. The van der Waals surface area contributed by atoms with Crippen LogP contribution in [0.1, 0.15) is 19.8 Å². The van der Waals surface area contributed by atoms with Crippen LogP contribution in [0.5, 0.6) is 0 Å². The molecule has 1 atom stereocenters. The number of halogens is 1. The lowest BCUT2D eigenvalue weighted by Gasteiger charge is -2.32. The van der Waals surface area contributed by atoms with Crippen LogP contribution in [-0.2, 0) is 14.8 Å². The first-order valence-electron chi connectivity index (χ1n) is 6.30. The second-order valence-corrected chi connectivity index (χ2v) is 9.55. The van der Waals surface area contributed by atoms with Gasteiger partial charge in [-0.25, -0.2) is 8.42 Å². The highest BCUT2D eigenvalue weighted by atomic mass is 79.9. The minimum Gasteiger partial charge on any atom is -0.481 e. The Bertz CT molecular complexity index is 590. The molecule has 0 radical (unpaired) electrons. The topological polar surface area (TPSA) is 74.7 Å². The average molecular weight is 382 g/mol. The van der Waals surface area contributed by atoms with Gasteiger partial charge < -0.3 is 5.11 Å². The predicted octanol–water partition coefficient (Wildman–Crippen LogP) is 2.63. The summed E-state index contributed by atoms with van der Waals surface area (Å²) in [6.07, 6.45) is 1.19. The number of carboxylic acid groups (broad SMARTS) is 1. The summed E-state index contributed by atoms with van der Waals surface area (Å²) in [5.41, 5.74) is 0. The summed E-state index contributed by atoms with van der Waals surface area (Å²) in [6, 6.07) is 3.31. The standard InChI is InChI=1S/C12H16BrNO4S2/c1-8(12(15)16)9-4-6-14(7-5-9)20(17,18)11-3-2-10(13)19-11/h2-3,8-9H,4-7H2,1H3,(H,15,16)/t8-/m1/s1. The lowest BCUT2D eigenvalue weighted by atomic mass is 9.86. The number of hydrogen-bond donors (Lipinski definition) is 1. The van der Waals surface area contributed by atoms with E-state index in [-0.39, 0.29) is 5.92 Å². The van der Waals surface area contributed by atoms with Gasteiger partial charge in [-0.1, -0.05) is 6.92 Å². The highest BCUT2D eigenvalue weighted by Gasteiger charge is 2.33. The van der Waals surface area contributed by atoms with Crippen molar-refractivity contribution in [3.8, 4) is 0 Å². The molecule has 0 aliphatic carbocycles. The van der Waals surface area contributed by atoms with Crippen LogP contribution < -0.4 is 0 Å². The van der Waals surface area contributed by atoms with Crippen molar-refractivity contribution in [1.82, 2.24) is 4.31 Å². The Labute approximate surface area is 130 Å². The maximum atomic E-state index is 12.4. The lowest BCUT2D eigenvalue weighted by Crippen LogP contribution is -2.40. The Balaban J connectivity index is 2.05. The molecule has 5 nitrogen and oxygen atoms in total. The second kappa shape index (κ2) is 6.13. The molecule has 2 heterocycles. The fourth-order valence-corrected chi connectivity index (χ4v) is 6.02. The molecule has 2 rings (SSSR count). The van der Waals surface area contributed by atoms with Gasteiger partial charge >= 0.3 is 5.97 Å². The van der Waals surface area contributed by atoms with Crippen molar-refractivity contribution in [1.29, 1.82) is 0 Å². The normalized spacial score (nSPS) is 19.9. The summed E-state index contributed by atoms with van der Waals surface area (Å²) < 4.78 is 27.4. The van der Waals surface area contributed by atoms with Gasteiger partial charge in [0.05, 0.1) is 9.70 Å². The quantitative estimate of drug-likeness (QED) is 0.869. The van der Waals surface area contributed by atoms with Gasteiger partial charge in [0.25, 0.3) is 10.0 Å². The van der Waals surface area contributed by atoms with Gasteiger partial charge in [-0.15, -0.1) is 11.3 Å². The van der Waals surface area contributed by atoms with E-state index in [0.717, 1.165) is 3.79 Å². The molecule has 112 valence electrons. The van der Waals surface area contributed by atoms with Crippen molar-refractivity contribution in [2.75, 3.05) is 13.1 Å². The zero-order valence-electron chi connectivity index (χ0n) is 11.0. The fourth-order valence-electron chi connectivity index (χ4n) is 2.38. The largest absolute Gasteiger partial charge is 0.481 e. The van der Waals surface area contributed by atoms with E-state index in [1.54, 1.807) is 19.1 Å². The molecule has 20 heavy (non-hydrogen) atoms. The van der Waals surface area contributed by atoms with E-state index in [1.165, 1.54) is 15.6 Å². The molecule has 1 saturated heterocycles. The zero-order valence-corrected chi connectivity index (χ0v) is 14.2. The van der Waals surface area contributed by atoms with Gasteiger partial charge in [0.15, 0.2) is 0 Å². The first kappa shape index (κ1) is 15.9. The van der Waals surface area contributed by atoms with Crippen molar-refractivity contribution in [2.24, 2.45) is 11.8 Å². The number of piperidine rings is 1. The first-order valence-corrected chi connectivity index (χ1v) is 9.35. The van der Waals surface area contributed by atoms with Crippen molar-refractivity contribution in [3.63, 3.8) is 0 Å². The average Bonchev–Trinajstić information content (AvgIpc) is 2.85. The molecule has 0 spiro atoms. The van der Waals surface area contributed by atoms with Crippen molar-refractivity contribution < 1.29 is 18.3 Å². The molecule has 0 saturated carbocycles. The maximum absolute atomic E-state index is 12.4. The van der Waals surface area contributed by atoms with Gasteiger partial charge in [0.1, 0.15) is 4.21 Å². The van der Waals surface area contributed by atoms with Gasteiger partial charge in [-0.05, 0) is 46.8 Å². The molecular formula is C12H16BrNO4S2. The zero-order chi connectivity index (χ0) is 14.9. The molecule has 1 aromatic heterocycles. The van der Waals surface area contributed by atoms with E-state index < -0.39 is 21.9 Å². The predicted molar refractivity (Wildman–Crippen MR) is 80.3 cm³/mol. The number of rotatable bonds is 4. The molecule has 0 unspecified atom stereocenters. The minimum absolute atomic E-state index is 0.0500. The monoisotopic (exact) mass is 381 g/mol. The van der Waals surface area contributed by atoms with Crippen LogP contribution in [0, 0.1) is 11.8 Å². The first-order chi connectivity index (χ1) is 9.32. The van der Waals surface area contributed by atoms with Gasteiger partial charge in [-0.3, -0.25) is 4.79 Å². The molecule has 1 fully saturated rings. The Morgan fingerprint density at radius 2 is 2.05 bits per heavy atom. The Morgan fingerprint density at radius 1 is 1.45 bits per heavy atom. The van der Waals surface area contributed by atoms with Gasteiger partial charge in [0, 0.05) is 13.1 Å². The number of carbonyl (C=O) groups is 1. The number of aliphatic carboxylic acids is 1. The van der Waals surface area contributed by atoms with Crippen LogP contribution in [0.3, 0.4) is 0 Å². The Morgan fingerprint density at radius 3 is 2.50 bits per heavy atom. The summed E-state index contributed by atoms with van der Waals surface area (Å²) in [6.45, 7) is 2.47. The fraction of sp³-hybridized carbons (Fsp3) is 0.583. The second-order valence-electron chi connectivity index (χ2n) is 4.93. The highest BCUT2D eigenvalue weighted by molar-refractivity contribution is 9.11. The Hall–Kier alpha value is -0.440. The summed E-state index contributed by atoms with van der Waals surface area (Å²) in [7, 11) is -3.44. The van der Waals surface area contributed by atoms with E-state index in [2.05, 4.69) is 15.9 Å². The van der Waals surface area contributed by atoms with Crippen LogP contribution in [0.4, 0.5) is 0 Å². The van der Waals surface area contributed by atoms with E-state index in [4.69, 9.17) is 5.11 Å². The number of hydrogen-bond acceptors (Lipinski definition) is 4. The number of sulfonamides is 1. The third-order valence-electron chi connectivity index (χ3n) is 3.74. The Kier molecular flexibility index (Phi) is 4.88. The van der Waals surface area contributed by atoms with Crippen LogP contribution in [0.2, 0.25) is 0 Å². The molecule has 0 aromatic carbocycles. The van der Waals surface area contributed by atoms with E-state index in [1.807, 2.05) is 0 Å². The summed E-state index contributed by atoms with van der Waals surface area (Å²) >= 11 is 4.46. The summed E-state index contributed by atoms with van der Waals surface area (Å²) in [5, 5.41) is 9.01. The molecule has 1 aromatic rings. The van der Waals surface area contributed by atoms with E-state index in [9.17, 15) is 13.2 Å². The summed E-state index contributed by atoms with van der Waals surface area (Å²) in [5.74, 6) is -1.18. The lowest BCUT2D eigenvalue weighted by molar-refractivity contribution is -0.143. The van der Waals surface area contributed by atoms with Crippen LogP contribution >= 0.6 is 27.3 Å². The highest BCUT2D eigenvalue weighted by Crippen LogP contribution is 2.32. The van der Waals surface area contributed by atoms with Gasteiger partial charge in [-0.2, -0.15) is 4.31 Å². The molecule has 1 aliphatic rings. The van der Waals surface area contributed by atoms with Crippen LogP contribution in [0.15, 0.2) is 20.1 Å². The molecule has 1 N–H and O–H groups in total. The summed E-state index contributed by atoms with van der Waals surface area (Å²) in [4.78, 5) is 11.0. The molecular weight excluding hydrogens is 366 g/mol. The smallest absolute Gasteiger partial charge is 0.306 e. The molecule has 0 amide bonds. The molecule has 1 aliphatic heterocycles. The maximum Gasteiger partial charge on any atom is 0.306 e. The van der Waals surface area contributed by atoms with Crippen LogP contribution in [0.25, 0.3) is 0 Å². The number of thiophene rings is 1. The number of carboxylic acids is 1. The SMILES string of the molecule is C[C@@H](C(=O)O)C1CCN(S(=O)(=O)c2ccc(Br)s2)CC1. The van der Waals surface area contributed by atoms with Crippen molar-refractivity contribution in [3.05, 3.63) is 15.9 Å². The van der Waals surface area contributed by atoms with E-state index in [0.29, 0.717) is 30.1 Å². The number of nitrogens with zero attached hydrogens (tertiary/aromatic N) is 1. The third kappa shape index (κ3) is 3.24. The minimum atomic E-state index is -3.44. The van der Waals surface area contributed by atoms with Crippen molar-refractivity contribution >= 4 is 43.3 Å².